The molecule has 2 aromatic heterocycles. The van der Waals surface area contributed by atoms with E-state index in [4.69, 9.17) is 0 Å². The Morgan fingerprint density at radius 2 is 2.14 bits per heavy atom. The number of hydrogen-bond acceptors (Lipinski definition) is 2. The third-order valence-corrected chi connectivity index (χ3v) is 4.23. The first-order valence-corrected chi connectivity index (χ1v) is 8.21. The van der Waals surface area contributed by atoms with E-state index in [9.17, 15) is 0 Å². The molecule has 1 atom stereocenters. The van der Waals surface area contributed by atoms with Gasteiger partial charge in [-0.05, 0) is 49.8 Å². The number of aryl methyl sites for hydroxylation is 2. The second-order valence-corrected chi connectivity index (χ2v) is 6.11. The van der Waals surface area contributed by atoms with E-state index in [0.29, 0.717) is 6.04 Å². The molecule has 4 heteroatoms. The van der Waals surface area contributed by atoms with Gasteiger partial charge in [0.25, 0.3) is 0 Å². The molecule has 0 aliphatic heterocycles. The summed E-state index contributed by atoms with van der Waals surface area (Å²) >= 11 is 0. The molecule has 2 aromatic rings. The van der Waals surface area contributed by atoms with E-state index in [1.54, 1.807) is 0 Å². The molecule has 1 unspecified atom stereocenters. The predicted octanol–water partition coefficient (Wildman–Crippen LogP) is 3.23. The van der Waals surface area contributed by atoms with Crippen LogP contribution in [0.5, 0.6) is 0 Å². The van der Waals surface area contributed by atoms with E-state index in [-0.39, 0.29) is 0 Å². The zero-order valence-electron chi connectivity index (χ0n) is 12.9. The Morgan fingerprint density at radius 3 is 2.86 bits per heavy atom. The van der Waals surface area contributed by atoms with Crippen LogP contribution in [0.25, 0.3) is 0 Å². The molecule has 0 spiro atoms. The zero-order valence-corrected chi connectivity index (χ0v) is 12.9. The van der Waals surface area contributed by atoms with Crippen LogP contribution in [0.1, 0.15) is 44.2 Å². The van der Waals surface area contributed by atoms with Crippen molar-refractivity contribution < 1.29 is 0 Å². The number of rotatable bonds is 9. The van der Waals surface area contributed by atoms with Gasteiger partial charge in [-0.15, -0.1) is 0 Å². The van der Waals surface area contributed by atoms with Crippen molar-refractivity contribution in [1.82, 2.24) is 19.4 Å². The predicted molar refractivity (Wildman–Crippen MR) is 85.0 cm³/mol. The summed E-state index contributed by atoms with van der Waals surface area (Å²) in [7, 11) is 0. The first-order chi connectivity index (χ1) is 10.4. The highest BCUT2D eigenvalue weighted by molar-refractivity contribution is 5.18. The number of nitrogens with one attached hydrogen (secondary N) is 1. The van der Waals surface area contributed by atoms with E-state index in [2.05, 4.69) is 44.8 Å². The molecule has 1 saturated carbocycles. The summed E-state index contributed by atoms with van der Waals surface area (Å²) in [6, 6.07) is 2.86. The molecule has 1 aliphatic carbocycles. The average Bonchev–Trinajstić information content (AvgIpc) is 3.00. The SMILES string of the molecule is CCCNC(c1ccn(CCCn2ccnc2)c1)C1CC1. The number of aromatic nitrogens is 3. The maximum atomic E-state index is 4.08. The van der Waals surface area contributed by atoms with Crippen LogP contribution >= 0.6 is 0 Å². The zero-order chi connectivity index (χ0) is 14.5. The molecular formula is C17H26N4. The molecule has 21 heavy (non-hydrogen) atoms. The van der Waals surface area contributed by atoms with Gasteiger partial charge in [0.2, 0.25) is 0 Å². The summed E-state index contributed by atoms with van der Waals surface area (Å²) < 4.78 is 4.47. The third-order valence-electron chi connectivity index (χ3n) is 4.23. The van der Waals surface area contributed by atoms with Crippen molar-refractivity contribution in [2.24, 2.45) is 5.92 Å². The van der Waals surface area contributed by atoms with Crippen LogP contribution in [-0.2, 0) is 13.1 Å². The molecule has 0 bridgehead atoms. The van der Waals surface area contributed by atoms with E-state index in [1.165, 1.54) is 24.8 Å². The quantitative estimate of drug-likeness (QED) is 0.768. The lowest BCUT2D eigenvalue weighted by Crippen LogP contribution is -2.23. The first kappa shape index (κ1) is 14.4. The van der Waals surface area contributed by atoms with Gasteiger partial charge in [0.05, 0.1) is 6.33 Å². The molecule has 1 fully saturated rings. The van der Waals surface area contributed by atoms with Crippen molar-refractivity contribution in [3.8, 4) is 0 Å². The van der Waals surface area contributed by atoms with Crippen LogP contribution in [0.2, 0.25) is 0 Å². The van der Waals surface area contributed by atoms with Gasteiger partial charge in [-0.3, -0.25) is 0 Å². The summed E-state index contributed by atoms with van der Waals surface area (Å²) in [5, 5.41) is 3.71. The molecule has 1 aliphatic rings. The Balaban J connectivity index is 1.52. The number of hydrogen-bond donors (Lipinski definition) is 1. The Kier molecular flexibility index (Phi) is 4.76. The lowest BCUT2D eigenvalue weighted by atomic mass is 10.1. The maximum Gasteiger partial charge on any atom is 0.0945 e. The Morgan fingerprint density at radius 1 is 1.29 bits per heavy atom. The first-order valence-electron chi connectivity index (χ1n) is 8.21. The monoisotopic (exact) mass is 286 g/mol. The minimum absolute atomic E-state index is 0.569. The lowest BCUT2D eigenvalue weighted by molar-refractivity contribution is 0.479. The maximum absolute atomic E-state index is 4.08. The van der Waals surface area contributed by atoms with E-state index >= 15 is 0 Å². The second kappa shape index (κ2) is 6.94. The molecule has 0 amide bonds. The molecular weight excluding hydrogens is 260 g/mol. The highest BCUT2D eigenvalue weighted by Crippen LogP contribution is 2.41. The topological polar surface area (TPSA) is 34.8 Å². The molecule has 0 aromatic carbocycles. The van der Waals surface area contributed by atoms with Gasteiger partial charge in [-0.2, -0.15) is 0 Å². The van der Waals surface area contributed by atoms with Crippen molar-refractivity contribution >= 4 is 0 Å². The normalized spacial score (nSPS) is 16.2. The Hall–Kier alpha value is -1.55. The van der Waals surface area contributed by atoms with Crippen molar-refractivity contribution in [2.75, 3.05) is 6.54 Å². The lowest BCUT2D eigenvalue weighted by Gasteiger charge is -2.16. The minimum atomic E-state index is 0.569. The van der Waals surface area contributed by atoms with Crippen LogP contribution in [-0.4, -0.2) is 20.7 Å². The van der Waals surface area contributed by atoms with Crippen LogP contribution in [0.3, 0.4) is 0 Å². The molecule has 114 valence electrons. The standard InChI is InChI=1S/C17H26N4/c1-2-7-19-17(15-4-5-15)16-6-11-20(13-16)9-3-10-21-12-8-18-14-21/h6,8,11-15,17,19H,2-5,7,9-10H2,1H3. The highest BCUT2D eigenvalue weighted by Gasteiger charge is 2.32. The second-order valence-electron chi connectivity index (χ2n) is 6.11. The van der Waals surface area contributed by atoms with Crippen molar-refractivity contribution in [1.29, 1.82) is 0 Å². The van der Waals surface area contributed by atoms with Gasteiger partial charge in [-0.1, -0.05) is 6.92 Å². The van der Waals surface area contributed by atoms with Crippen molar-refractivity contribution in [2.45, 2.75) is 51.7 Å². The third kappa shape index (κ3) is 3.97. The fourth-order valence-electron chi connectivity index (χ4n) is 2.92. The fourth-order valence-corrected chi connectivity index (χ4v) is 2.92. The summed E-state index contributed by atoms with van der Waals surface area (Å²) in [6.45, 7) is 5.46. The Labute approximate surface area is 127 Å². The van der Waals surface area contributed by atoms with Gasteiger partial charge < -0.3 is 14.5 Å². The van der Waals surface area contributed by atoms with E-state index in [1.807, 2.05) is 18.7 Å². The molecule has 4 nitrogen and oxygen atoms in total. The van der Waals surface area contributed by atoms with Crippen LogP contribution < -0.4 is 5.32 Å². The largest absolute Gasteiger partial charge is 0.354 e. The smallest absolute Gasteiger partial charge is 0.0945 e. The van der Waals surface area contributed by atoms with Crippen LogP contribution in [0, 0.1) is 5.92 Å². The van der Waals surface area contributed by atoms with Gasteiger partial charge >= 0.3 is 0 Å². The molecule has 0 radical (unpaired) electrons. The van der Waals surface area contributed by atoms with Crippen molar-refractivity contribution in [3.05, 3.63) is 42.7 Å². The highest BCUT2D eigenvalue weighted by atomic mass is 15.0. The number of imidazole rings is 1. The minimum Gasteiger partial charge on any atom is -0.354 e. The number of nitrogens with zero attached hydrogens (tertiary/aromatic N) is 3. The molecule has 1 N–H and O–H groups in total. The molecule has 3 rings (SSSR count). The van der Waals surface area contributed by atoms with Crippen molar-refractivity contribution in [3.63, 3.8) is 0 Å². The van der Waals surface area contributed by atoms with Gasteiger partial charge in [-0.25, -0.2) is 4.98 Å². The van der Waals surface area contributed by atoms with E-state index in [0.717, 1.165) is 32.0 Å². The van der Waals surface area contributed by atoms with Crippen LogP contribution in [0.4, 0.5) is 0 Å². The van der Waals surface area contributed by atoms with Crippen LogP contribution in [0.15, 0.2) is 37.2 Å². The summed E-state index contributed by atoms with van der Waals surface area (Å²) in [5.74, 6) is 0.860. The summed E-state index contributed by atoms with van der Waals surface area (Å²) in [4.78, 5) is 4.08. The molecule has 2 heterocycles. The molecule has 0 saturated heterocycles. The van der Waals surface area contributed by atoms with Gasteiger partial charge in [0.15, 0.2) is 0 Å². The summed E-state index contributed by atoms with van der Waals surface area (Å²) in [6.07, 6.45) is 15.4. The van der Waals surface area contributed by atoms with E-state index < -0.39 is 0 Å². The fraction of sp³-hybridized carbons (Fsp3) is 0.588. The Bertz CT molecular complexity index is 525. The average molecular weight is 286 g/mol. The van der Waals surface area contributed by atoms with Gasteiger partial charge in [0, 0.05) is 43.9 Å². The summed E-state index contributed by atoms with van der Waals surface area (Å²) in [5.41, 5.74) is 1.47. The van der Waals surface area contributed by atoms with Gasteiger partial charge in [0.1, 0.15) is 0 Å².